The van der Waals surface area contributed by atoms with E-state index in [1.807, 2.05) is 16.8 Å². The number of nitrogens with two attached hydrogens (primary N) is 1. The quantitative estimate of drug-likeness (QED) is 0.734. The topological polar surface area (TPSA) is 43.8 Å². The van der Waals surface area contributed by atoms with Gasteiger partial charge in [-0.05, 0) is 11.4 Å². The minimum Gasteiger partial charge on any atom is -0.396 e. The summed E-state index contributed by atoms with van der Waals surface area (Å²) in [5.41, 5.74) is 7.59. The first-order valence-electron chi connectivity index (χ1n) is 5.59. The maximum Gasteiger partial charge on any atom is 0.194 e. The summed E-state index contributed by atoms with van der Waals surface area (Å²) in [6, 6.07) is 3.56. The molecule has 20 heavy (non-hydrogen) atoms. The highest BCUT2D eigenvalue weighted by Gasteiger charge is 2.14. The van der Waals surface area contributed by atoms with Crippen LogP contribution in [0.2, 0.25) is 0 Å². The van der Waals surface area contributed by atoms with Crippen molar-refractivity contribution in [2.75, 3.05) is 5.73 Å². The van der Waals surface area contributed by atoms with Gasteiger partial charge in [0.2, 0.25) is 0 Å². The Kier molecular flexibility index (Phi) is 2.98. The van der Waals surface area contributed by atoms with E-state index in [9.17, 15) is 13.2 Å². The molecule has 3 nitrogen and oxygen atoms in total. The normalized spacial score (nSPS) is 10.9. The van der Waals surface area contributed by atoms with Gasteiger partial charge in [-0.3, -0.25) is 0 Å². The van der Waals surface area contributed by atoms with Crippen LogP contribution in [-0.4, -0.2) is 9.78 Å². The Hall–Kier alpha value is -2.28. The minimum atomic E-state index is -1.51. The number of nitrogens with zero attached hydrogens (tertiary/aromatic N) is 2. The van der Waals surface area contributed by atoms with Gasteiger partial charge in [-0.2, -0.15) is 16.4 Å². The number of hydrogen-bond acceptors (Lipinski definition) is 3. The highest BCUT2D eigenvalue weighted by atomic mass is 32.1. The predicted octanol–water partition coefficient (Wildman–Crippen LogP) is 3.60. The second-order valence-electron chi connectivity index (χ2n) is 4.11. The fourth-order valence-corrected chi connectivity index (χ4v) is 2.46. The van der Waals surface area contributed by atoms with E-state index in [0.29, 0.717) is 11.4 Å². The van der Waals surface area contributed by atoms with E-state index >= 15 is 0 Å². The molecular formula is C13H8F3N3S. The van der Waals surface area contributed by atoms with Crippen LogP contribution in [-0.2, 0) is 0 Å². The Labute approximate surface area is 116 Å². The summed E-state index contributed by atoms with van der Waals surface area (Å²) in [4.78, 5) is 0. The number of benzene rings is 1. The van der Waals surface area contributed by atoms with Gasteiger partial charge in [0.1, 0.15) is 5.69 Å². The molecule has 7 heteroatoms. The molecule has 0 bridgehead atoms. The Balaban J connectivity index is 2.10. The molecule has 2 heterocycles. The number of thiophene rings is 1. The molecule has 0 aliphatic rings. The standard InChI is InChI=1S/C13H8F3N3S/c14-9-3-8(4-10(15)12(9)16)19-5-11(17)13(18-19)7-1-2-20-6-7/h1-6H,17H2. The summed E-state index contributed by atoms with van der Waals surface area (Å²) >= 11 is 1.48. The molecule has 3 rings (SSSR count). The number of anilines is 1. The molecule has 1 aromatic carbocycles. The highest BCUT2D eigenvalue weighted by molar-refractivity contribution is 7.08. The van der Waals surface area contributed by atoms with E-state index in [2.05, 4.69) is 5.10 Å². The monoisotopic (exact) mass is 295 g/mol. The van der Waals surface area contributed by atoms with Crippen molar-refractivity contribution in [3.8, 4) is 16.9 Å². The number of halogens is 3. The summed E-state index contributed by atoms with van der Waals surface area (Å²) in [5, 5.41) is 7.90. The molecule has 0 amide bonds. The van der Waals surface area contributed by atoms with Gasteiger partial charge in [0.15, 0.2) is 17.5 Å². The second-order valence-corrected chi connectivity index (χ2v) is 4.89. The van der Waals surface area contributed by atoms with Crippen LogP contribution in [0, 0.1) is 17.5 Å². The fourth-order valence-electron chi connectivity index (χ4n) is 1.82. The van der Waals surface area contributed by atoms with Crippen LogP contribution in [0.25, 0.3) is 16.9 Å². The minimum absolute atomic E-state index is 0.0644. The van der Waals surface area contributed by atoms with Crippen molar-refractivity contribution in [2.24, 2.45) is 0 Å². The van der Waals surface area contributed by atoms with E-state index in [1.165, 1.54) is 22.2 Å². The maximum atomic E-state index is 13.2. The van der Waals surface area contributed by atoms with Crippen molar-refractivity contribution in [1.29, 1.82) is 0 Å². The third-order valence-electron chi connectivity index (χ3n) is 2.77. The van der Waals surface area contributed by atoms with E-state index < -0.39 is 17.5 Å². The lowest BCUT2D eigenvalue weighted by Gasteiger charge is -2.02. The molecule has 3 aromatic rings. The molecule has 0 aliphatic carbocycles. The first-order chi connectivity index (χ1) is 9.56. The van der Waals surface area contributed by atoms with E-state index in [1.54, 1.807) is 0 Å². The third-order valence-corrected chi connectivity index (χ3v) is 3.45. The van der Waals surface area contributed by atoms with Crippen molar-refractivity contribution >= 4 is 17.0 Å². The van der Waals surface area contributed by atoms with E-state index in [4.69, 9.17) is 5.73 Å². The van der Waals surface area contributed by atoms with Gasteiger partial charge in [0.25, 0.3) is 0 Å². The highest BCUT2D eigenvalue weighted by Crippen LogP contribution is 2.27. The van der Waals surface area contributed by atoms with Gasteiger partial charge in [0, 0.05) is 23.1 Å². The van der Waals surface area contributed by atoms with Crippen LogP contribution in [0.5, 0.6) is 0 Å². The van der Waals surface area contributed by atoms with E-state index in [-0.39, 0.29) is 5.69 Å². The Morgan fingerprint density at radius 2 is 1.85 bits per heavy atom. The molecule has 0 aliphatic heterocycles. The molecule has 0 saturated heterocycles. The Morgan fingerprint density at radius 1 is 1.15 bits per heavy atom. The number of aromatic nitrogens is 2. The van der Waals surface area contributed by atoms with Crippen LogP contribution >= 0.6 is 11.3 Å². The lowest BCUT2D eigenvalue weighted by atomic mass is 10.2. The van der Waals surface area contributed by atoms with Gasteiger partial charge in [-0.15, -0.1) is 0 Å². The largest absolute Gasteiger partial charge is 0.396 e. The second kappa shape index (κ2) is 4.68. The Morgan fingerprint density at radius 3 is 2.45 bits per heavy atom. The third kappa shape index (κ3) is 2.05. The van der Waals surface area contributed by atoms with Gasteiger partial charge >= 0.3 is 0 Å². The van der Waals surface area contributed by atoms with Crippen LogP contribution in [0.1, 0.15) is 0 Å². The van der Waals surface area contributed by atoms with Gasteiger partial charge in [-0.25, -0.2) is 17.9 Å². The van der Waals surface area contributed by atoms with Gasteiger partial charge in [0.05, 0.1) is 17.6 Å². The summed E-state index contributed by atoms with van der Waals surface area (Å²) in [7, 11) is 0. The average molecular weight is 295 g/mol. The maximum absolute atomic E-state index is 13.2. The first kappa shape index (κ1) is 12.7. The molecule has 0 saturated carbocycles. The smallest absolute Gasteiger partial charge is 0.194 e. The summed E-state index contributed by atoms with van der Waals surface area (Å²) in [6.07, 6.45) is 1.43. The molecule has 0 unspecified atom stereocenters. The molecule has 0 radical (unpaired) electrons. The van der Waals surface area contributed by atoms with E-state index in [0.717, 1.165) is 17.7 Å². The summed E-state index contributed by atoms with van der Waals surface area (Å²) < 4.78 is 40.6. The summed E-state index contributed by atoms with van der Waals surface area (Å²) in [5.74, 6) is -4.05. The van der Waals surface area contributed by atoms with Gasteiger partial charge < -0.3 is 5.73 Å². The van der Waals surface area contributed by atoms with Crippen LogP contribution < -0.4 is 5.73 Å². The molecular weight excluding hydrogens is 287 g/mol. The SMILES string of the molecule is Nc1cn(-c2cc(F)c(F)c(F)c2)nc1-c1ccsc1. The molecule has 0 atom stereocenters. The predicted molar refractivity (Wildman–Crippen MR) is 71.2 cm³/mol. The molecule has 0 spiro atoms. The van der Waals surface area contributed by atoms with Gasteiger partial charge in [-0.1, -0.05) is 0 Å². The number of rotatable bonds is 2. The summed E-state index contributed by atoms with van der Waals surface area (Å²) in [6.45, 7) is 0. The van der Waals surface area contributed by atoms with Crippen molar-refractivity contribution < 1.29 is 13.2 Å². The average Bonchev–Trinajstić information content (AvgIpc) is 3.04. The molecule has 2 N–H and O–H groups in total. The zero-order valence-electron chi connectivity index (χ0n) is 9.98. The van der Waals surface area contributed by atoms with Crippen molar-refractivity contribution in [2.45, 2.75) is 0 Å². The van der Waals surface area contributed by atoms with Crippen molar-refractivity contribution in [3.63, 3.8) is 0 Å². The Bertz CT molecular complexity index is 742. The number of hydrogen-bond donors (Lipinski definition) is 1. The zero-order valence-corrected chi connectivity index (χ0v) is 10.8. The lowest BCUT2D eigenvalue weighted by molar-refractivity contribution is 0.446. The number of nitrogen functional groups attached to an aromatic ring is 1. The first-order valence-corrected chi connectivity index (χ1v) is 6.53. The van der Waals surface area contributed by atoms with Crippen LogP contribution in [0.4, 0.5) is 18.9 Å². The fraction of sp³-hybridized carbons (Fsp3) is 0. The van der Waals surface area contributed by atoms with Crippen LogP contribution in [0.3, 0.4) is 0 Å². The molecule has 0 fully saturated rings. The van der Waals surface area contributed by atoms with Crippen molar-refractivity contribution in [3.05, 3.63) is 52.6 Å². The molecule has 2 aromatic heterocycles. The van der Waals surface area contributed by atoms with Crippen molar-refractivity contribution in [1.82, 2.24) is 9.78 Å². The lowest BCUT2D eigenvalue weighted by Crippen LogP contribution is -1.99. The zero-order chi connectivity index (χ0) is 14.3. The van der Waals surface area contributed by atoms with Crippen LogP contribution in [0.15, 0.2) is 35.2 Å². The molecule has 102 valence electrons.